The van der Waals surface area contributed by atoms with Gasteiger partial charge in [0.2, 0.25) is 0 Å². The van der Waals surface area contributed by atoms with E-state index >= 15 is 0 Å². The Morgan fingerprint density at radius 3 is 2.50 bits per heavy atom. The van der Waals surface area contributed by atoms with Gasteiger partial charge in [0.25, 0.3) is 5.91 Å². The van der Waals surface area contributed by atoms with Gasteiger partial charge in [0.1, 0.15) is 0 Å². The molecule has 0 aromatic carbocycles. The SMILES string of the molecule is Cc1nn(C)c(C)c1C(=O)N1CCC(CCc2noc(N(C)C)n2)CC1. The van der Waals surface area contributed by atoms with E-state index in [-0.39, 0.29) is 5.91 Å². The molecule has 1 aliphatic rings. The third-order valence-corrected chi connectivity index (χ3v) is 5.24. The van der Waals surface area contributed by atoms with Crippen molar-refractivity contribution in [2.24, 2.45) is 13.0 Å². The number of hydrogen-bond donors (Lipinski definition) is 0. The zero-order valence-electron chi connectivity index (χ0n) is 16.3. The first-order valence-corrected chi connectivity index (χ1v) is 9.16. The molecule has 8 nitrogen and oxygen atoms in total. The van der Waals surface area contributed by atoms with Gasteiger partial charge in [-0.15, -0.1) is 0 Å². The van der Waals surface area contributed by atoms with Crippen molar-refractivity contribution in [3.63, 3.8) is 0 Å². The fourth-order valence-electron chi connectivity index (χ4n) is 3.53. The number of aromatic nitrogens is 4. The molecule has 0 spiro atoms. The predicted octanol–water partition coefficient (Wildman–Crippen LogP) is 1.97. The smallest absolute Gasteiger partial charge is 0.323 e. The largest absolute Gasteiger partial charge is 0.339 e. The van der Waals surface area contributed by atoms with Gasteiger partial charge in [-0.05, 0) is 39.0 Å². The van der Waals surface area contributed by atoms with Crippen LogP contribution in [0.4, 0.5) is 6.01 Å². The van der Waals surface area contributed by atoms with E-state index in [0.29, 0.717) is 11.9 Å². The lowest BCUT2D eigenvalue weighted by Gasteiger charge is -2.32. The van der Waals surface area contributed by atoms with Gasteiger partial charge in [-0.1, -0.05) is 5.16 Å². The molecule has 1 aliphatic heterocycles. The molecule has 0 unspecified atom stereocenters. The first kappa shape index (κ1) is 18.4. The normalized spacial score (nSPS) is 15.5. The Labute approximate surface area is 154 Å². The number of carbonyl (C=O) groups excluding carboxylic acids is 1. The summed E-state index contributed by atoms with van der Waals surface area (Å²) in [6, 6.07) is 0.544. The summed E-state index contributed by atoms with van der Waals surface area (Å²) in [7, 11) is 5.65. The highest BCUT2D eigenvalue weighted by Gasteiger charge is 2.27. The van der Waals surface area contributed by atoms with Crippen LogP contribution in [-0.2, 0) is 13.5 Å². The fraction of sp³-hybridized carbons (Fsp3) is 0.667. The van der Waals surface area contributed by atoms with Crippen LogP contribution in [0, 0.1) is 19.8 Å². The van der Waals surface area contributed by atoms with Crippen molar-refractivity contribution in [1.29, 1.82) is 0 Å². The van der Waals surface area contributed by atoms with E-state index < -0.39 is 0 Å². The summed E-state index contributed by atoms with van der Waals surface area (Å²) in [6.45, 7) is 5.45. The third kappa shape index (κ3) is 3.73. The average Bonchev–Trinajstić information content (AvgIpc) is 3.18. The number of hydrogen-bond acceptors (Lipinski definition) is 6. The van der Waals surface area contributed by atoms with Gasteiger partial charge in [0, 0.05) is 46.3 Å². The lowest BCUT2D eigenvalue weighted by Crippen LogP contribution is -2.39. The first-order valence-electron chi connectivity index (χ1n) is 9.16. The quantitative estimate of drug-likeness (QED) is 0.811. The number of rotatable bonds is 5. The molecular formula is C18H28N6O2. The van der Waals surface area contributed by atoms with Crippen molar-refractivity contribution >= 4 is 11.9 Å². The van der Waals surface area contributed by atoms with Crippen LogP contribution < -0.4 is 4.90 Å². The molecule has 1 amide bonds. The Hall–Kier alpha value is -2.38. The van der Waals surface area contributed by atoms with E-state index in [1.807, 2.05) is 44.8 Å². The van der Waals surface area contributed by atoms with E-state index in [2.05, 4.69) is 15.2 Å². The highest BCUT2D eigenvalue weighted by atomic mass is 16.5. The maximum Gasteiger partial charge on any atom is 0.323 e. The maximum atomic E-state index is 12.8. The van der Waals surface area contributed by atoms with Crippen molar-refractivity contribution in [3.05, 3.63) is 22.8 Å². The molecule has 0 saturated carbocycles. The summed E-state index contributed by atoms with van der Waals surface area (Å²) < 4.78 is 6.97. The highest BCUT2D eigenvalue weighted by Crippen LogP contribution is 2.25. The molecule has 0 bridgehead atoms. The summed E-state index contributed by atoms with van der Waals surface area (Å²) in [5, 5.41) is 8.39. The molecule has 2 aromatic rings. The van der Waals surface area contributed by atoms with Crippen LogP contribution in [0.3, 0.4) is 0 Å². The van der Waals surface area contributed by atoms with Gasteiger partial charge < -0.3 is 14.3 Å². The van der Waals surface area contributed by atoms with Crippen molar-refractivity contribution in [2.45, 2.75) is 39.5 Å². The molecule has 2 aromatic heterocycles. The van der Waals surface area contributed by atoms with E-state index in [9.17, 15) is 4.79 Å². The molecule has 3 heterocycles. The van der Waals surface area contributed by atoms with Crippen LogP contribution in [-0.4, -0.2) is 57.9 Å². The number of piperidine rings is 1. The van der Waals surface area contributed by atoms with E-state index in [1.54, 1.807) is 4.68 Å². The van der Waals surface area contributed by atoms with E-state index in [1.165, 1.54) is 0 Å². The first-order chi connectivity index (χ1) is 12.4. The average molecular weight is 360 g/mol. The lowest BCUT2D eigenvalue weighted by molar-refractivity contribution is 0.0685. The van der Waals surface area contributed by atoms with Crippen molar-refractivity contribution in [2.75, 3.05) is 32.1 Å². The van der Waals surface area contributed by atoms with Crippen molar-refractivity contribution < 1.29 is 9.32 Å². The number of carbonyl (C=O) groups is 1. The molecule has 142 valence electrons. The molecule has 26 heavy (non-hydrogen) atoms. The zero-order chi connectivity index (χ0) is 18.8. The zero-order valence-corrected chi connectivity index (χ0v) is 16.3. The molecule has 1 fully saturated rings. The second kappa shape index (κ2) is 7.47. The Balaban J connectivity index is 1.51. The van der Waals surface area contributed by atoms with Crippen LogP contribution in [0.1, 0.15) is 46.8 Å². The van der Waals surface area contributed by atoms with Gasteiger partial charge in [-0.25, -0.2) is 0 Å². The second-order valence-corrected chi connectivity index (χ2v) is 7.33. The van der Waals surface area contributed by atoms with Crippen LogP contribution in [0.5, 0.6) is 0 Å². The minimum Gasteiger partial charge on any atom is -0.339 e. The lowest BCUT2D eigenvalue weighted by atomic mass is 9.91. The monoisotopic (exact) mass is 360 g/mol. The van der Waals surface area contributed by atoms with E-state index in [0.717, 1.165) is 61.5 Å². The number of anilines is 1. The molecule has 0 aliphatic carbocycles. The Kier molecular flexibility index (Phi) is 5.29. The fourth-order valence-corrected chi connectivity index (χ4v) is 3.53. The number of amides is 1. The number of aryl methyl sites for hydroxylation is 3. The summed E-state index contributed by atoms with van der Waals surface area (Å²) in [5.74, 6) is 1.46. The van der Waals surface area contributed by atoms with Crippen LogP contribution in [0.25, 0.3) is 0 Å². The molecule has 0 atom stereocenters. The van der Waals surface area contributed by atoms with Gasteiger partial charge in [-0.3, -0.25) is 9.48 Å². The molecule has 0 radical (unpaired) electrons. The maximum absolute atomic E-state index is 12.8. The molecule has 8 heteroatoms. The summed E-state index contributed by atoms with van der Waals surface area (Å²) in [6.07, 6.45) is 3.88. The molecule has 3 rings (SSSR count). The van der Waals surface area contributed by atoms with Crippen LogP contribution in [0.15, 0.2) is 4.52 Å². The van der Waals surface area contributed by atoms with Crippen LogP contribution in [0.2, 0.25) is 0 Å². The molecule has 1 saturated heterocycles. The van der Waals surface area contributed by atoms with Gasteiger partial charge in [0.15, 0.2) is 5.82 Å². The van der Waals surface area contributed by atoms with Crippen LogP contribution >= 0.6 is 0 Å². The molecular weight excluding hydrogens is 332 g/mol. The Morgan fingerprint density at radius 2 is 1.96 bits per heavy atom. The van der Waals surface area contributed by atoms with Crippen molar-refractivity contribution in [1.82, 2.24) is 24.8 Å². The summed E-state index contributed by atoms with van der Waals surface area (Å²) in [4.78, 5) is 21.0. The summed E-state index contributed by atoms with van der Waals surface area (Å²) >= 11 is 0. The summed E-state index contributed by atoms with van der Waals surface area (Å²) in [5.41, 5.74) is 2.50. The van der Waals surface area contributed by atoms with Gasteiger partial charge in [0.05, 0.1) is 11.3 Å². The number of nitrogens with zero attached hydrogens (tertiary/aromatic N) is 6. The standard InChI is InChI=1S/C18H28N6O2/c1-12-16(13(2)23(5)20-12)17(25)24-10-8-14(9-11-24)6-7-15-19-18(22(3)4)26-21-15/h14H,6-11H2,1-5H3. The third-order valence-electron chi connectivity index (χ3n) is 5.24. The topological polar surface area (TPSA) is 80.3 Å². The Morgan fingerprint density at radius 1 is 1.27 bits per heavy atom. The Bertz CT molecular complexity index is 771. The second-order valence-electron chi connectivity index (χ2n) is 7.33. The minimum absolute atomic E-state index is 0.111. The highest BCUT2D eigenvalue weighted by molar-refractivity contribution is 5.96. The van der Waals surface area contributed by atoms with Crippen molar-refractivity contribution in [3.8, 4) is 0 Å². The molecule has 0 N–H and O–H groups in total. The van der Waals surface area contributed by atoms with E-state index in [4.69, 9.17) is 4.52 Å². The van der Waals surface area contributed by atoms with Gasteiger partial charge in [-0.2, -0.15) is 10.1 Å². The predicted molar refractivity (Wildman–Crippen MR) is 98.3 cm³/mol. The van der Waals surface area contributed by atoms with Gasteiger partial charge >= 0.3 is 6.01 Å². The number of likely N-dealkylation sites (tertiary alicyclic amines) is 1. The minimum atomic E-state index is 0.111.